The lowest BCUT2D eigenvalue weighted by Crippen LogP contribution is -2.70. The van der Waals surface area contributed by atoms with Gasteiger partial charge in [-0.15, -0.1) is 0 Å². The summed E-state index contributed by atoms with van der Waals surface area (Å²) in [6.07, 6.45) is -1.16. The number of aryl methyl sites for hydroxylation is 1. The van der Waals surface area contributed by atoms with E-state index in [9.17, 15) is 29.7 Å². The monoisotopic (exact) mass is 552 g/mol. The smallest absolute Gasteiger partial charge is 0.252 e. The van der Waals surface area contributed by atoms with Crippen LogP contribution >= 0.6 is 0 Å². The zero-order valence-electron chi connectivity index (χ0n) is 22.3. The number of ketones is 3. The average Bonchev–Trinajstić information content (AvgIpc) is 3.43. The summed E-state index contributed by atoms with van der Waals surface area (Å²) < 4.78 is 19.8. The number of carbonyl (C=O) groups excluding carboxylic acids is 3. The molecule has 3 aliphatic carbocycles. The van der Waals surface area contributed by atoms with Crippen LogP contribution in [0.1, 0.15) is 79.2 Å². The molecule has 2 saturated heterocycles. The number of hydrogen-bond donors (Lipinski definition) is 3. The molecule has 3 N–H and O–H groups in total. The highest BCUT2D eigenvalue weighted by Crippen LogP contribution is 2.80. The number of carbonyl (C=O) groups is 3. The fourth-order valence-electron chi connectivity index (χ4n) is 9.26. The SMILES string of the molecule is Cc1cc(O)c2c(c1)C(=O)c1ccc3c(c1C2=O)O[C@]12O[C@H](C)[C@@H]4[C@]31[C@@]1(O[C@@H]1C[C@@]4(C)O)C(=O)c1c(O)cccc12. The number of benzene rings is 3. The Bertz CT molecular complexity index is 1870. The standard InChI is InChI=1S/C32H24O9/c1-12-9-15-21(19(34)10-12)25(36)22-14(24(15)35)7-8-17-26(22)41-32-16-5-4-6-18(33)23(16)28(37)31-20(40-31)11-29(3,38)27(13(2)39-32)30(17,31)32/h4-10,13,20,27,33-34,38H,11H2,1-3H3/t13-,20-,27+,29-,30+,31+,32+/m1/s1. The van der Waals surface area contributed by atoms with Crippen LogP contribution in [0.3, 0.4) is 0 Å². The van der Waals surface area contributed by atoms with Gasteiger partial charge >= 0.3 is 0 Å². The molecule has 6 aliphatic rings. The number of aromatic hydroxyl groups is 2. The second-order valence-electron chi connectivity index (χ2n) is 12.5. The third-order valence-electron chi connectivity index (χ3n) is 10.4. The minimum absolute atomic E-state index is 0.0163. The van der Waals surface area contributed by atoms with Crippen molar-refractivity contribution < 1.29 is 43.9 Å². The normalized spacial score (nSPS) is 38.1. The molecule has 3 fully saturated rings. The predicted octanol–water partition coefficient (Wildman–Crippen LogP) is 3.19. The van der Waals surface area contributed by atoms with E-state index >= 15 is 0 Å². The first kappa shape index (κ1) is 23.6. The summed E-state index contributed by atoms with van der Waals surface area (Å²) in [5.41, 5.74) is -2.93. The molecule has 9 heteroatoms. The van der Waals surface area contributed by atoms with Gasteiger partial charge < -0.3 is 29.5 Å². The van der Waals surface area contributed by atoms with Crippen LogP contribution in [0.4, 0.5) is 0 Å². The van der Waals surface area contributed by atoms with Gasteiger partial charge in [0.25, 0.3) is 5.79 Å². The van der Waals surface area contributed by atoms with Crippen LogP contribution in [0.2, 0.25) is 0 Å². The highest BCUT2D eigenvalue weighted by atomic mass is 16.7. The summed E-state index contributed by atoms with van der Waals surface area (Å²) in [5, 5.41) is 33.6. The van der Waals surface area contributed by atoms with Crippen molar-refractivity contribution in [3.05, 3.63) is 87.0 Å². The third-order valence-corrected chi connectivity index (χ3v) is 10.4. The van der Waals surface area contributed by atoms with E-state index in [1.165, 1.54) is 12.1 Å². The molecule has 0 aromatic heterocycles. The molecule has 0 radical (unpaired) electrons. The van der Waals surface area contributed by atoms with E-state index in [1.54, 1.807) is 44.2 Å². The molecule has 2 spiro atoms. The summed E-state index contributed by atoms with van der Waals surface area (Å²) in [6.45, 7) is 5.22. The largest absolute Gasteiger partial charge is 0.507 e. The van der Waals surface area contributed by atoms with Gasteiger partial charge in [0, 0.05) is 34.6 Å². The van der Waals surface area contributed by atoms with Crippen LogP contribution in [0.5, 0.6) is 17.2 Å². The highest BCUT2D eigenvalue weighted by molar-refractivity contribution is 6.30. The number of aliphatic hydroxyl groups is 1. The zero-order valence-corrected chi connectivity index (χ0v) is 22.3. The number of phenols is 2. The summed E-state index contributed by atoms with van der Waals surface area (Å²) in [5.74, 6) is -4.44. The molecular weight excluding hydrogens is 528 g/mol. The molecule has 0 unspecified atom stereocenters. The molecular formula is C32H24O9. The number of fused-ring (bicyclic) bond motifs is 5. The van der Waals surface area contributed by atoms with Gasteiger partial charge in [-0.1, -0.05) is 18.2 Å². The van der Waals surface area contributed by atoms with Gasteiger partial charge in [-0.2, -0.15) is 0 Å². The van der Waals surface area contributed by atoms with E-state index in [-0.39, 0.29) is 57.1 Å². The molecule has 3 aliphatic heterocycles. The minimum atomic E-state index is -1.76. The lowest BCUT2D eigenvalue weighted by molar-refractivity contribution is -0.205. The van der Waals surface area contributed by atoms with Crippen molar-refractivity contribution in [3.63, 3.8) is 0 Å². The summed E-state index contributed by atoms with van der Waals surface area (Å²) >= 11 is 0. The first-order valence-corrected chi connectivity index (χ1v) is 13.7. The van der Waals surface area contributed by atoms with Crippen molar-refractivity contribution in [2.75, 3.05) is 0 Å². The Kier molecular flexibility index (Phi) is 3.77. The van der Waals surface area contributed by atoms with Gasteiger partial charge in [-0.05, 0) is 50.6 Å². The summed E-state index contributed by atoms with van der Waals surface area (Å²) in [6, 6.07) is 10.9. The van der Waals surface area contributed by atoms with Crippen LogP contribution in [-0.4, -0.2) is 56.1 Å². The van der Waals surface area contributed by atoms with Crippen molar-refractivity contribution in [1.82, 2.24) is 0 Å². The molecule has 206 valence electrons. The van der Waals surface area contributed by atoms with Crippen molar-refractivity contribution in [2.45, 2.75) is 61.8 Å². The van der Waals surface area contributed by atoms with Crippen LogP contribution in [0, 0.1) is 12.8 Å². The van der Waals surface area contributed by atoms with Crippen LogP contribution < -0.4 is 4.74 Å². The van der Waals surface area contributed by atoms with Gasteiger partial charge in [0.2, 0.25) is 11.6 Å². The molecule has 3 aromatic rings. The molecule has 7 atom stereocenters. The number of rotatable bonds is 0. The maximum Gasteiger partial charge on any atom is 0.252 e. The van der Waals surface area contributed by atoms with Gasteiger partial charge in [0.15, 0.2) is 11.4 Å². The fraction of sp³-hybridized carbons (Fsp3) is 0.344. The van der Waals surface area contributed by atoms with E-state index in [4.69, 9.17) is 14.2 Å². The number of phenolic OH excluding ortho intramolecular Hbond substituents is 2. The Morgan fingerprint density at radius 3 is 2.44 bits per heavy atom. The second-order valence-corrected chi connectivity index (χ2v) is 12.5. The van der Waals surface area contributed by atoms with Crippen molar-refractivity contribution >= 4 is 17.3 Å². The number of hydrogen-bond acceptors (Lipinski definition) is 9. The number of ether oxygens (including phenoxy) is 3. The Morgan fingerprint density at radius 2 is 1.66 bits per heavy atom. The van der Waals surface area contributed by atoms with E-state index < -0.39 is 57.9 Å². The van der Waals surface area contributed by atoms with E-state index in [2.05, 4.69) is 0 Å². The lowest BCUT2D eigenvalue weighted by atomic mass is 9.45. The maximum absolute atomic E-state index is 14.4. The quantitative estimate of drug-likeness (QED) is 0.280. The third kappa shape index (κ3) is 2.15. The van der Waals surface area contributed by atoms with E-state index in [1.807, 2.05) is 6.92 Å². The Hall–Kier alpha value is -4.05. The van der Waals surface area contributed by atoms with Crippen LogP contribution in [0.15, 0.2) is 42.5 Å². The molecule has 9 nitrogen and oxygen atoms in total. The average molecular weight is 553 g/mol. The number of epoxide rings is 1. The molecule has 1 saturated carbocycles. The Labute approximate surface area is 233 Å². The molecule has 0 bridgehead atoms. The second kappa shape index (κ2) is 6.54. The minimum Gasteiger partial charge on any atom is -0.507 e. The first-order chi connectivity index (χ1) is 19.4. The fourth-order valence-corrected chi connectivity index (χ4v) is 9.26. The van der Waals surface area contributed by atoms with Gasteiger partial charge in [0.05, 0.1) is 34.5 Å². The van der Waals surface area contributed by atoms with Gasteiger partial charge in [0.1, 0.15) is 22.7 Å². The maximum atomic E-state index is 14.4. The van der Waals surface area contributed by atoms with Crippen molar-refractivity contribution in [2.24, 2.45) is 5.92 Å². The summed E-state index contributed by atoms with van der Waals surface area (Å²) in [7, 11) is 0. The highest BCUT2D eigenvalue weighted by Gasteiger charge is 2.94. The predicted molar refractivity (Wildman–Crippen MR) is 139 cm³/mol. The first-order valence-electron chi connectivity index (χ1n) is 13.7. The topological polar surface area (TPSA) is 143 Å². The lowest BCUT2D eigenvalue weighted by Gasteiger charge is -2.53. The van der Waals surface area contributed by atoms with Crippen molar-refractivity contribution in [1.29, 1.82) is 0 Å². The number of Topliss-reactive ketones (excluding diaryl/α,β-unsaturated/α-hetero) is 1. The van der Waals surface area contributed by atoms with Crippen LogP contribution in [0.25, 0.3) is 0 Å². The van der Waals surface area contributed by atoms with Crippen molar-refractivity contribution in [3.8, 4) is 17.2 Å². The van der Waals surface area contributed by atoms with E-state index in [0.29, 0.717) is 11.1 Å². The Balaban J connectivity index is 1.42. The molecule has 9 rings (SSSR count). The zero-order chi connectivity index (χ0) is 28.6. The molecule has 3 aromatic carbocycles. The molecule has 0 amide bonds. The van der Waals surface area contributed by atoms with Gasteiger partial charge in [-0.25, -0.2) is 0 Å². The summed E-state index contributed by atoms with van der Waals surface area (Å²) in [4.78, 5) is 42.3. The van der Waals surface area contributed by atoms with E-state index in [0.717, 1.165) is 0 Å². The molecule has 41 heavy (non-hydrogen) atoms. The van der Waals surface area contributed by atoms with Gasteiger partial charge in [-0.3, -0.25) is 14.4 Å². The Morgan fingerprint density at radius 1 is 0.878 bits per heavy atom. The molecule has 3 heterocycles. The van der Waals surface area contributed by atoms with Crippen LogP contribution in [-0.2, 0) is 20.7 Å².